The second-order valence-corrected chi connectivity index (χ2v) is 7.43. The largest absolute Gasteiger partial charge is 0.493 e. The van der Waals surface area contributed by atoms with Crippen molar-refractivity contribution in [1.82, 2.24) is 5.43 Å². The summed E-state index contributed by atoms with van der Waals surface area (Å²) in [7, 11) is 3.06. The van der Waals surface area contributed by atoms with Crippen LogP contribution in [0.3, 0.4) is 0 Å². The topological polar surface area (TPSA) is 78.4 Å². The van der Waals surface area contributed by atoms with Gasteiger partial charge in [-0.3, -0.25) is 4.79 Å². The Kier molecular flexibility index (Phi) is 8.94. The summed E-state index contributed by atoms with van der Waals surface area (Å²) >= 11 is 5.91. The van der Waals surface area contributed by atoms with Crippen molar-refractivity contribution in [2.45, 2.75) is 6.61 Å². The summed E-state index contributed by atoms with van der Waals surface area (Å²) in [6, 6.07) is 17.6. The molecule has 176 valence electrons. The number of ether oxygens (including phenoxy) is 4. The third-order valence-corrected chi connectivity index (χ3v) is 4.91. The summed E-state index contributed by atoms with van der Waals surface area (Å²) in [5, 5.41) is 4.71. The van der Waals surface area contributed by atoms with Gasteiger partial charge in [-0.05, 0) is 59.7 Å². The van der Waals surface area contributed by atoms with Gasteiger partial charge >= 0.3 is 0 Å². The Hall–Kier alpha value is -3.97. The van der Waals surface area contributed by atoms with Crippen LogP contribution in [0.25, 0.3) is 0 Å². The number of carbonyl (C=O) groups is 1. The van der Waals surface area contributed by atoms with Crippen molar-refractivity contribution in [2.24, 2.45) is 5.10 Å². The average Bonchev–Trinajstić information content (AvgIpc) is 2.87. The minimum absolute atomic E-state index is 0.334. The van der Waals surface area contributed by atoms with Crippen LogP contribution in [0.2, 0.25) is 5.02 Å². The van der Waals surface area contributed by atoms with Crippen molar-refractivity contribution < 1.29 is 23.7 Å². The molecular weight excluding hydrogens is 456 g/mol. The van der Waals surface area contributed by atoms with Crippen LogP contribution in [-0.2, 0) is 6.61 Å². The van der Waals surface area contributed by atoms with Gasteiger partial charge in [0.1, 0.15) is 13.2 Å². The number of methoxy groups -OCH3 is 2. The zero-order chi connectivity index (χ0) is 24.3. The molecule has 1 amide bonds. The van der Waals surface area contributed by atoms with Gasteiger partial charge < -0.3 is 18.9 Å². The molecule has 0 aliphatic carbocycles. The highest BCUT2D eigenvalue weighted by Gasteiger charge is 2.11. The molecule has 3 aromatic carbocycles. The van der Waals surface area contributed by atoms with Gasteiger partial charge in [-0.1, -0.05) is 36.4 Å². The van der Waals surface area contributed by atoms with Gasteiger partial charge in [0.05, 0.1) is 20.4 Å². The molecule has 3 aromatic rings. The van der Waals surface area contributed by atoms with Crippen LogP contribution in [0, 0.1) is 0 Å². The molecule has 1 N–H and O–H groups in total. The smallest absolute Gasteiger partial charge is 0.271 e. The van der Waals surface area contributed by atoms with Gasteiger partial charge in [0, 0.05) is 10.6 Å². The van der Waals surface area contributed by atoms with E-state index < -0.39 is 0 Å². The number of hydrazone groups is 1. The van der Waals surface area contributed by atoms with Crippen molar-refractivity contribution in [1.29, 1.82) is 0 Å². The van der Waals surface area contributed by atoms with Crippen molar-refractivity contribution in [2.75, 3.05) is 20.8 Å². The first-order valence-electron chi connectivity index (χ1n) is 10.3. The van der Waals surface area contributed by atoms with Crippen molar-refractivity contribution >= 4 is 23.7 Å². The van der Waals surface area contributed by atoms with E-state index in [-0.39, 0.29) is 5.91 Å². The van der Waals surface area contributed by atoms with E-state index in [1.54, 1.807) is 43.5 Å². The first-order chi connectivity index (χ1) is 16.5. The minimum atomic E-state index is -0.389. The lowest BCUT2D eigenvalue weighted by Gasteiger charge is -2.11. The van der Waals surface area contributed by atoms with Gasteiger partial charge in [-0.25, -0.2) is 5.43 Å². The van der Waals surface area contributed by atoms with Crippen LogP contribution >= 0.6 is 11.6 Å². The van der Waals surface area contributed by atoms with Crippen molar-refractivity contribution in [3.8, 4) is 23.0 Å². The fourth-order valence-corrected chi connectivity index (χ4v) is 3.06. The number of hydrogen-bond donors (Lipinski definition) is 1. The Balaban J connectivity index is 1.62. The Morgan fingerprint density at radius 3 is 2.32 bits per heavy atom. The molecule has 0 heterocycles. The van der Waals surface area contributed by atoms with E-state index in [1.807, 2.05) is 30.3 Å². The summed E-state index contributed by atoms with van der Waals surface area (Å²) in [5.41, 5.74) is 4.58. The first kappa shape index (κ1) is 24.7. The maximum absolute atomic E-state index is 12.5. The highest BCUT2D eigenvalue weighted by Crippen LogP contribution is 2.29. The number of hydrogen-bond acceptors (Lipinski definition) is 6. The van der Waals surface area contributed by atoms with Gasteiger partial charge in [0.25, 0.3) is 5.91 Å². The summed E-state index contributed by atoms with van der Waals surface area (Å²) < 4.78 is 22.1. The molecule has 0 saturated heterocycles. The van der Waals surface area contributed by atoms with Crippen molar-refractivity contribution in [3.05, 3.63) is 95.0 Å². The highest BCUT2D eigenvalue weighted by atomic mass is 35.5. The molecule has 3 rings (SSSR count). The van der Waals surface area contributed by atoms with Gasteiger partial charge in [0.15, 0.2) is 23.0 Å². The molecular formula is C26H25ClN2O5. The van der Waals surface area contributed by atoms with E-state index in [2.05, 4.69) is 17.1 Å². The van der Waals surface area contributed by atoms with E-state index in [9.17, 15) is 4.79 Å². The number of carbonyl (C=O) groups excluding carboxylic acids is 1. The third kappa shape index (κ3) is 6.76. The number of rotatable bonds is 11. The fraction of sp³-hybridized carbons (Fsp3) is 0.154. The second-order valence-electron chi connectivity index (χ2n) is 6.99. The molecule has 7 nitrogen and oxygen atoms in total. The first-order valence-corrected chi connectivity index (χ1v) is 10.7. The zero-order valence-electron chi connectivity index (χ0n) is 18.9. The van der Waals surface area contributed by atoms with E-state index in [4.69, 9.17) is 30.5 Å². The summed E-state index contributed by atoms with van der Waals surface area (Å²) in [6.07, 6.45) is 3.14. The molecule has 8 heteroatoms. The third-order valence-electron chi connectivity index (χ3n) is 4.66. The second kappa shape index (κ2) is 12.3. The molecule has 0 unspecified atom stereocenters. The quantitative estimate of drug-likeness (QED) is 0.230. The van der Waals surface area contributed by atoms with Crippen LogP contribution in [-0.4, -0.2) is 32.9 Å². The standard InChI is InChI=1S/C26H25ClN2O5/c1-4-13-33-22-12-8-20(15-25(22)32-3)26(30)29-28-16-19-7-11-23(24(14-19)31-2)34-17-18-5-9-21(27)10-6-18/h4-12,14-16H,1,13,17H2,2-3H3,(H,29,30)/b28-16+. The Morgan fingerprint density at radius 1 is 0.941 bits per heavy atom. The van der Waals surface area contributed by atoms with Gasteiger partial charge in [-0.2, -0.15) is 5.10 Å². The van der Waals surface area contributed by atoms with E-state index in [0.29, 0.717) is 46.8 Å². The highest BCUT2D eigenvalue weighted by molar-refractivity contribution is 6.30. The van der Waals surface area contributed by atoms with Gasteiger partial charge in [0.2, 0.25) is 0 Å². The van der Waals surface area contributed by atoms with E-state index >= 15 is 0 Å². The molecule has 0 aliphatic rings. The normalized spacial score (nSPS) is 10.6. The molecule has 0 aromatic heterocycles. The van der Waals surface area contributed by atoms with Crippen LogP contribution in [0.15, 0.2) is 78.4 Å². The fourth-order valence-electron chi connectivity index (χ4n) is 2.93. The summed E-state index contributed by atoms with van der Waals surface area (Å²) in [4.78, 5) is 12.5. The number of benzene rings is 3. The number of amides is 1. The number of nitrogens with zero attached hydrogens (tertiary/aromatic N) is 1. The Bertz CT molecular complexity index is 1160. The maximum Gasteiger partial charge on any atom is 0.271 e. The van der Waals surface area contributed by atoms with Crippen LogP contribution in [0.1, 0.15) is 21.5 Å². The maximum atomic E-state index is 12.5. The predicted octanol–water partition coefficient (Wildman–Crippen LogP) is 5.26. The molecule has 0 aliphatic heterocycles. The van der Waals surface area contributed by atoms with E-state index in [0.717, 1.165) is 11.1 Å². The Morgan fingerprint density at radius 2 is 1.62 bits per heavy atom. The molecule has 0 bridgehead atoms. The lowest BCUT2D eigenvalue weighted by Crippen LogP contribution is -2.17. The van der Waals surface area contributed by atoms with Crippen molar-refractivity contribution in [3.63, 3.8) is 0 Å². The molecule has 0 spiro atoms. The minimum Gasteiger partial charge on any atom is -0.493 e. The molecule has 0 atom stereocenters. The number of halogens is 1. The molecule has 0 fully saturated rings. The summed E-state index contributed by atoms with van der Waals surface area (Å²) in [6.45, 7) is 4.32. The average molecular weight is 481 g/mol. The van der Waals surface area contributed by atoms with Crippen LogP contribution in [0.5, 0.6) is 23.0 Å². The molecule has 0 saturated carbocycles. The number of nitrogens with one attached hydrogen (secondary N) is 1. The predicted molar refractivity (Wildman–Crippen MR) is 133 cm³/mol. The molecule has 0 radical (unpaired) electrons. The lowest BCUT2D eigenvalue weighted by molar-refractivity contribution is 0.0954. The zero-order valence-corrected chi connectivity index (χ0v) is 19.7. The molecule has 34 heavy (non-hydrogen) atoms. The van der Waals surface area contributed by atoms with Gasteiger partial charge in [-0.15, -0.1) is 0 Å². The summed E-state index contributed by atoms with van der Waals surface area (Å²) in [5.74, 6) is 1.71. The van der Waals surface area contributed by atoms with E-state index in [1.165, 1.54) is 13.3 Å². The SMILES string of the molecule is C=CCOc1ccc(C(=O)N/N=C/c2ccc(OCc3ccc(Cl)cc3)c(OC)c2)cc1OC. The monoisotopic (exact) mass is 480 g/mol. The lowest BCUT2D eigenvalue weighted by atomic mass is 10.2. The Labute approximate surface area is 203 Å². The van der Waals surface area contributed by atoms with Crippen LogP contribution in [0.4, 0.5) is 0 Å². The van der Waals surface area contributed by atoms with Crippen LogP contribution < -0.4 is 24.4 Å².